The molecule has 1 aromatic rings. The summed E-state index contributed by atoms with van der Waals surface area (Å²) >= 11 is 0. The fourth-order valence-corrected chi connectivity index (χ4v) is 5.38. The molecule has 1 aromatic carbocycles. The minimum absolute atomic E-state index is 0.0126. The molecule has 3 rings (SSSR count). The van der Waals surface area contributed by atoms with Crippen LogP contribution < -0.4 is 0 Å². The molecule has 1 N–H and O–H groups in total. The Kier molecular flexibility index (Phi) is 4.66. The van der Waals surface area contributed by atoms with Crippen LogP contribution >= 0.6 is 0 Å². The zero-order chi connectivity index (χ0) is 20.9. The van der Waals surface area contributed by atoms with E-state index < -0.39 is 56.6 Å². The first-order valence-electron chi connectivity index (χ1n) is 8.20. The number of carboxylic acid groups (broad SMARTS) is 1. The molecule has 2 fully saturated rings. The van der Waals surface area contributed by atoms with Crippen molar-refractivity contribution < 1.29 is 42.2 Å². The number of ether oxygens (including phenoxy) is 2. The molecule has 1 amide bonds. The van der Waals surface area contributed by atoms with Gasteiger partial charge in [0.05, 0.1) is 22.3 Å². The summed E-state index contributed by atoms with van der Waals surface area (Å²) in [5.41, 5.74) is 0.0317. The molecule has 150 valence electrons. The van der Waals surface area contributed by atoms with Gasteiger partial charge < -0.3 is 19.5 Å². The summed E-state index contributed by atoms with van der Waals surface area (Å²) in [6.45, 7) is 1.91. The summed E-state index contributed by atoms with van der Waals surface area (Å²) in [5, 5.41) is 7.78. The highest BCUT2D eigenvalue weighted by atomic mass is 32.2. The normalized spacial score (nSPS) is 24.1. The van der Waals surface area contributed by atoms with Crippen LogP contribution in [0.2, 0.25) is 0 Å². The molecule has 0 saturated carbocycles. The van der Waals surface area contributed by atoms with Gasteiger partial charge in [-0.3, -0.25) is 4.79 Å². The fraction of sp³-hybridized carbons (Fsp3) is 0.412. The van der Waals surface area contributed by atoms with Crippen molar-refractivity contribution >= 4 is 33.7 Å². The molecule has 11 heteroatoms. The molecular weight excluding hydrogens is 394 g/mol. The van der Waals surface area contributed by atoms with Gasteiger partial charge in [-0.1, -0.05) is 0 Å². The molecule has 0 unspecified atom stereocenters. The van der Waals surface area contributed by atoms with E-state index in [1.165, 1.54) is 38.1 Å². The van der Waals surface area contributed by atoms with Gasteiger partial charge in [0.1, 0.15) is 11.4 Å². The third kappa shape index (κ3) is 2.91. The van der Waals surface area contributed by atoms with Crippen molar-refractivity contribution in [2.75, 3.05) is 6.79 Å². The first-order chi connectivity index (χ1) is 13.0. The Balaban J connectivity index is 1.62. The van der Waals surface area contributed by atoms with E-state index in [9.17, 15) is 27.6 Å². The Labute approximate surface area is 159 Å². The minimum atomic E-state index is -3.74. The minimum Gasteiger partial charge on any atom is -0.478 e. The predicted octanol–water partition coefficient (Wildman–Crippen LogP) is 0.176. The lowest BCUT2D eigenvalue weighted by Crippen LogP contribution is -2.57. The highest BCUT2D eigenvalue weighted by Crippen LogP contribution is 2.45. The van der Waals surface area contributed by atoms with Gasteiger partial charge in [-0.15, -0.1) is 0 Å². The summed E-state index contributed by atoms with van der Waals surface area (Å²) in [4.78, 5) is 47.8. The molecule has 0 aliphatic carbocycles. The first-order valence-corrected chi connectivity index (χ1v) is 9.75. The van der Waals surface area contributed by atoms with Crippen molar-refractivity contribution in [3.05, 3.63) is 35.4 Å². The molecule has 2 saturated heterocycles. The van der Waals surface area contributed by atoms with Gasteiger partial charge in [0.2, 0.25) is 12.7 Å². The number of hydrogen-bond donors (Lipinski definition) is 1. The standard InChI is InChI=1S/C17H17NO9S/c1-17(2)13(18-11(19)7-12(18)28(17,24)25)16(23)27-8-26-15(22)10-5-3-9(4-6-10)14(20)21/h3-6,12-13H,7-8H2,1-2H3,(H,20,21)/t12-,13+/m1/s1. The van der Waals surface area contributed by atoms with Gasteiger partial charge in [0.25, 0.3) is 0 Å². The van der Waals surface area contributed by atoms with Gasteiger partial charge in [0.15, 0.2) is 9.84 Å². The number of sulfone groups is 1. The van der Waals surface area contributed by atoms with Crippen LogP contribution in [0.25, 0.3) is 0 Å². The predicted molar refractivity (Wildman–Crippen MR) is 91.8 cm³/mol. The highest BCUT2D eigenvalue weighted by molar-refractivity contribution is 7.93. The maximum Gasteiger partial charge on any atom is 0.340 e. The summed E-state index contributed by atoms with van der Waals surface area (Å²) in [6, 6.07) is 3.59. The van der Waals surface area contributed by atoms with Crippen LogP contribution in [-0.2, 0) is 28.9 Å². The average Bonchev–Trinajstić information content (AvgIpc) is 2.75. The summed E-state index contributed by atoms with van der Waals surface area (Å²) < 4.78 is 33.0. The number of benzene rings is 1. The quantitative estimate of drug-likeness (QED) is 0.407. The summed E-state index contributed by atoms with van der Waals surface area (Å²) in [6.07, 6.45) is -0.170. The van der Waals surface area contributed by atoms with E-state index in [-0.39, 0.29) is 17.5 Å². The molecule has 2 heterocycles. The third-order valence-electron chi connectivity index (χ3n) is 4.96. The number of carbonyl (C=O) groups is 4. The molecule has 0 bridgehead atoms. The lowest BCUT2D eigenvalue weighted by Gasteiger charge is -2.36. The topological polar surface area (TPSA) is 144 Å². The van der Waals surface area contributed by atoms with Crippen LogP contribution in [0.3, 0.4) is 0 Å². The van der Waals surface area contributed by atoms with Crippen LogP contribution in [-0.4, -0.2) is 65.2 Å². The largest absolute Gasteiger partial charge is 0.478 e. The second kappa shape index (κ2) is 6.59. The molecule has 2 atom stereocenters. The first kappa shape index (κ1) is 19.8. The average molecular weight is 411 g/mol. The number of esters is 2. The number of aromatic carboxylic acids is 1. The van der Waals surface area contributed by atoms with Gasteiger partial charge in [-0.25, -0.2) is 22.8 Å². The highest BCUT2D eigenvalue weighted by Gasteiger charge is 2.68. The van der Waals surface area contributed by atoms with E-state index in [2.05, 4.69) is 0 Å². The number of hydrogen-bond acceptors (Lipinski definition) is 8. The van der Waals surface area contributed by atoms with Crippen LogP contribution in [0.5, 0.6) is 0 Å². The Morgan fingerprint density at radius 1 is 1.14 bits per heavy atom. The Bertz CT molecular complexity index is 965. The van der Waals surface area contributed by atoms with Crippen LogP contribution in [0, 0.1) is 0 Å². The number of rotatable bonds is 5. The van der Waals surface area contributed by atoms with Crippen LogP contribution in [0.15, 0.2) is 24.3 Å². The Morgan fingerprint density at radius 2 is 1.71 bits per heavy atom. The molecule has 2 aliphatic rings. The number of carbonyl (C=O) groups excluding carboxylic acids is 3. The SMILES string of the molecule is CC1(C)[C@H](C(=O)OCOC(=O)c2ccc(C(=O)O)cc2)N2C(=O)C[C@H]2S1(=O)=O. The molecule has 0 radical (unpaired) electrons. The Morgan fingerprint density at radius 3 is 2.25 bits per heavy atom. The number of amides is 1. The van der Waals surface area contributed by atoms with E-state index in [1.54, 1.807) is 0 Å². The molecule has 10 nitrogen and oxygen atoms in total. The third-order valence-corrected chi connectivity index (χ3v) is 7.76. The van der Waals surface area contributed by atoms with E-state index in [1.807, 2.05) is 0 Å². The second-order valence-electron chi connectivity index (χ2n) is 6.91. The number of fused-ring (bicyclic) bond motifs is 1. The van der Waals surface area contributed by atoms with E-state index in [0.29, 0.717) is 0 Å². The smallest absolute Gasteiger partial charge is 0.340 e. The second-order valence-corrected chi connectivity index (χ2v) is 9.59. The van der Waals surface area contributed by atoms with Crippen LogP contribution in [0.1, 0.15) is 41.0 Å². The number of nitrogens with zero attached hydrogens (tertiary/aromatic N) is 1. The van der Waals surface area contributed by atoms with Crippen molar-refractivity contribution in [1.29, 1.82) is 0 Å². The maximum atomic E-state index is 12.5. The zero-order valence-electron chi connectivity index (χ0n) is 14.9. The number of β-lactam (4-membered cyclic amide) rings is 1. The zero-order valence-corrected chi connectivity index (χ0v) is 15.8. The lowest BCUT2D eigenvalue weighted by atomic mass is 9.98. The van der Waals surface area contributed by atoms with Crippen molar-refractivity contribution in [3.8, 4) is 0 Å². The molecular formula is C17H17NO9S. The molecule has 28 heavy (non-hydrogen) atoms. The van der Waals surface area contributed by atoms with Gasteiger partial charge in [-0.2, -0.15) is 0 Å². The van der Waals surface area contributed by atoms with E-state index in [0.717, 1.165) is 4.90 Å². The maximum absolute atomic E-state index is 12.5. The van der Waals surface area contributed by atoms with Crippen LogP contribution in [0.4, 0.5) is 0 Å². The van der Waals surface area contributed by atoms with Crippen molar-refractivity contribution in [1.82, 2.24) is 4.90 Å². The Hall–Kier alpha value is -2.95. The van der Waals surface area contributed by atoms with Crippen molar-refractivity contribution in [2.24, 2.45) is 0 Å². The number of carboxylic acids is 1. The van der Waals surface area contributed by atoms with Gasteiger partial charge in [-0.05, 0) is 38.1 Å². The van der Waals surface area contributed by atoms with Crippen molar-refractivity contribution in [2.45, 2.75) is 36.4 Å². The van der Waals surface area contributed by atoms with Gasteiger partial charge >= 0.3 is 17.9 Å². The molecule has 0 spiro atoms. The monoisotopic (exact) mass is 411 g/mol. The molecule has 2 aliphatic heterocycles. The van der Waals surface area contributed by atoms with Gasteiger partial charge in [0, 0.05) is 0 Å². The van der Waals surface area contributed by atoms with E-state index >= 15 is 0 Å². The summed E-state index contributed by atoms with van der Waals surface area (Å²) in [7, 11) is -3.74. The van der Waals surface area contributed by atoms with E-state index in [4.69, 9.17) is 14.6 Å². The molecule has 0 aromatic heterocycles. The lowest BCUT2D eigenvalue weighted by molar-refractivity contribution is -0.167. The summed E-state index contributed by atoms with van der Waals surface area (Å²) in [5.74, 6) is -3.46. The fourth-order valence-electron chi connectivity index (χ4n) is 3.26. The van der Waals surface area contributed by atoms with Crippen molar-refractivity contribution in [3.63, 3.8) is 0 Å².